The van der Waals surface area contributed by atoms with Crippen LogP contribution in [-0.2, 0) is 9.47 Å². The van der Waals surface area contributed by atoms with Crippen LogP contribution in [0.4, 0.5) is 0 Å². The Balaban J connectivity index is 0.00000300. The van der Waals surface area contributed by atoms with E-state index in [9.17, 15) is 0 Å². The molecule has 2 N–H and O–H groups in total. The fourth-order valence-electron chi connectivity index (χ4n) is 3.69. The fraction of sp³-hybridized carbons (Fsp3) is 0.750. The van der Waals surface area contributed by atoms with Crippen LogP contribution in [0.1, 0.15) is 23.8 Å². The summed E-state index contributed by atoms with van der Waals surface area (Å²) in [6.07, 6.45) is 2.35. The summed E-state index contributed by atoms with van der Waals surface area (Å²) in [6.45, 7) is 10.5. The first-order valence-corrected chi connectivity index (χ1v) is 11.3. The van der Waals surface area contributed by atoms with Crippen molar-refractivity contribution in [3.05, 3.63) is 22.4 Å². The molecule has 0 aliphatic carbocycles. The molecule has 0 amide bonds. The highest BCUT2D eigenvalue weighted by molar-refractivity contribution is 14.0. The maximum Gasteiger partial charge on any atom is 0.191 e. The predicted molar refractivity (Wildman–Crippen MR) is 131 cm³/mol. The van der Waals surface area contributed by atoms with Gasteiger partial charge in [0, 0.05) is 51.2 Å². The maximum atomic E-state index is 5.53. The minimum absolute atomic E-state index is 0. The molecule has 0 spiro atoms. The number of hydrogen-bond acceptors (Lipinski definition) is 6. The van der Waals surface area contributed by atoms with Crippen molar-refractivity contribution in [2.24, 2.45) is 4.99 Å². The van der Waals surface area contributed by atoms with Crippen LogP contribution in [0.3, 0.4) is 0 Å². The van der Waals surface area contributed by atoms with Crippen LogP contribution in [-0.4, -0.2) is 95.0 Å². The number of unbranched alkanes of at least 4 members (excludes halogenated alkanes) is 1. The highest BCUT2D eigenvalue weighted by Gasteiger charge is 2.23. The smallest absolute Gasteiger partial charge is 0.191 e. The van der Waals surface area contributed by atoms with Gasteiger partial charge in [-0.15, -0.1) is 35.3 Å². The minimum Gasteiger partial charge on any atom is -0.379 e. The monoisotopic (exact) mass is 537 g/mol. The average Bonchev–Trinajstić information content (AvgIpc) is 3.28. The lowest BCUT2D eigenvalue weighted by Crippen LogP contribution is -2.46. The van der Waals surface area contributed by atoms with Gasteiger partial charge in [0.05, 0.1) is 32.5 Å². The fourth-order valence-corrected chi connectivity index (χ4v) is 4.55. The van der Waals surface area contributed by atoms with Crippen molar-refractivity contribution >= 4 is 41.3 Å². The lowest BCUT2D eigenvalue weighted by atomic mass is 10.2. The first-order chi connectivity index (χ1) is 13.9. The molecule has 2 saturated heterocycles. The molecule has 1 atom stereocenters. The summed E-state index contributed by atoms with van der Waals surface area (Å²) < 4.78 is 10.9. The molecular weight excluding hydrogens is 501 g/mol. The van der Waals surface area contributed by atoms with Gasteiger partial charge in [0.2, 0.25) is 0 Å². The lowest BCUT2D eigenvalue weighted by Gasteiger charge is -2.34. The molecule has 1 aromatic rings. The SMILES string of the molecule is CN=C(NCCCCN1CCOCC1)NCC(c1cccs1)N1CCOCC1.I. The van der Waals surface area contributed by atoms with Gasteiger partial charge in [-0.2, -0.15) is 0 Å². The summed E-state index contributed by atoms with van der Waals surface area (Å²) >= 11 is 1.83. The Labute approximate surface area is 196 Å². The van der Waals surface area contributed by atoms with Gasteiger partial charge in [0.1, 0.15) is 0 Å². The summed E-state index contributed by atoms with van der Waals surface area (Å²) in [5, 5.41) is 9.16. The average molecular weight is 538 g/mol. The zero-order valence-electron chi connectivity index (χ0n) is 17.5. The molecule has 2 fully saturated rings. The van der Waals surface area contributed by atoms with Crippen LogP contribution in [0.15, 0.2) is 22.5 Å². The van der Waals surface area contributed by atoms with Crippen LogP contribution in [0.25, 0.3) is 0 Å². The molecule has 7 nitrogen and oxygen atoms in total. The van der Waals surface area contributed by atoms with E-state index in [1.807, 2.05) is 18.4 Å². The Morgan fingerprint density at radius 2 is 1.83 bits per heavy atom. The predicted octanol–water partition coefficient (Wildman–Crippen LogP) is 2.02. The van der Waals surface area contributed by atoms with Crippen LogP contribution >= 0.6 is 35.3 Å². The standard InChI is InChI=1S/C20H35N5O2S.HI/c1-21-20(22-6-2-3-7-24-8-12-26-13-9-24)23-17-18(19-5-4-16-28-19)25-10-14-27-15-11-25;/h4-5,16,18H,2-3,6-15,17H2,1H3,(H2,21,22,23);1H. The number of morpholine rings is 2. The molecular formula is C20H36IN5O2S. The van der Waals surface area contributed by atoms with Crippen LogP contribution < -0.4 is 10.6 Å². The lowest BCUT2D eigenvalue weighted by molar-refractivity contribution is 0.0177. The van der Waals surface area contributed by atoms with E-state index < -0.39 is 0 Å². The molecule has 0 bridgehead atoms. The number of aliphatic imine (C=N–C) groups is 1. The quantitative estimate of drug-likeness (QED) is 0.218. The third-order valence-electron chi connectivity index (χ3n) is 5.34. The van der Waals surface area contributed by atoms with Crippen molar-refractivity contribution in [1.82, 2.24) is 20.4 Å². The maximum absolute atomic E-state index is 5.53. The largest absolute Gasteiger partial charge is 0.379 e. The highest BCUT2D eigenvalue weighted by Crippen LogP contribution is 2.25. The van der Waals surface area contributed by atoms with Crippen LogP contribution in [0.5, 0.6) is 0 Å². The number of thiophene rings is 1. The molecule has 3 rings (SSSR count). The third-order valence-corrected chi connectivity index (χ3v) is 6.32. The van der Waals surface area contributed by atoms with E-state index in [4.69, 9.17) is 9.47 Å². The van der Waals surface area contributed by atoms with Crippen molar-refractivity contribution in [2.75, 3.05) is 79.3 Å². The molecule has 0 saturated carbocycles. The molecule has 0 radical (unpaired) electrons. The van der Waals surface area contributed by atoms with E-state index in [1.54, 1.807) is 0 Å². The van der Waals surface area contributed by atoms with Crippen molar-refractivity contribution in [2.45, 2.75) is 18.9 Å². The Kier molecular flexibility index (Phi) is 12.4. The number of halogens is 1. The molecule has 166 valence electrons. The van der Waals surface area contributed by atoms with E-state index in [0.29, 0.717) is 6.04 Å². The number of nitrogens with zero attached hydrogens (tertiary/aromatic N) is 3. The van der Waals surface area contributed by atoms with Gasteiger partial charge in [-0.3, -0.25) is 14.8 Å². The van der Waals surface area contributed by atoms with Gasteiger partial charge in [0.25, 0.3) is 0 Å². The third kappa shape index (κ3) is 8.66. The number of ether oxygens (including phenoxy) is 2. The summed E-state index contributed by atoms with van der Waals surface area (Å²) in [4.78, 5) is 10.8. The molecule has 2 aliphatic rings. The van der Waals surface area contributed by atoms with Crippen molar-refractivity contribution in [3.63, 3.8) is 0 Å². The molecule has 29 heavy (non-hydrogen) atoms. The van der Waals surface area contributed by atoms with Gasteiger partial charge >= 0.3 is 0 Å². The van der Waals surface area contributed by atoms with Crippen LogP contribution in [0, 0.1) is 0 Å². The van der Waals surface area contributed by atoms with Gasteiger partial charge < -0.3 is 20.1 Å². The Morgan fingerprint density at radius 3 is 2.48 bits per heavy atom. The summed E-state index contributed by atoms with van der Waals surface area (Å²) in [7, 11) is 1.85. The molecule has 3 heterocycles. The van der Waals surface area contributed by atoms with Gasteiger partial charge in [-0.25, -0.2) is 0 Å². The van der Waals surface area contributed by atoms with E-state index >= 15 is 0 Å². The van der Waals surface area contributed by atoms with Gasteiger partial charge in [-0.1, -0.05) is 6.07 Å². The number of guanidine groups is 1. The zero-order chi connectivity index (χ0) is 19.4. The Morgan fingerprint density at radius 1 is 1.10 bits per heavy atom. The number of hydrogen-bond donors (Lipinski definition) is 2. The van der Waals surface area contributed by atoms with Gasteiger partial charge in [-0.05, 0) is 30.8 Å². The molecule has 1 aromatic heterocycles. The first-order valence-electron chi connectivity index (χ1n) is 10.5. The second-order valence-electron chi connectivity index (χ2n) is 7.22. The van der Waals surface area contributed by atoms with Crippen LogP contribution in [0.2, 0.25) is 0 Å². The topological polar surface area (TPSA) is 61.4 Å². The number of nitrogens with one attached hydrogen (secondary N) is 2. The second kappa shape index (κ2) is 14.5. The first kappa shape index (κ1) is 24.8. The molecule has 2 aliphatic heterocycles. The summed E-state index contributed by atoms with van der Waals surface area (Å²) in [5.74, 6) is 0.890. The van der Waals surface area contributed by atoms with Crippen molar-refractivity contribution < 1.29 is 9.47 Å². The molecule has 9 heteroatoms. The van der Waals surface area contributed by atoms with E-state index in [0.717, 1.165) is 84.6 Å². The minimum atomic E-state index is 0. The van der Waals surface area contributed by atoms with E-state index in [-0.39, 0.29) is 24.0 Å². The van der Waals surface area contributed by atoms with E-state index in [1.165, 1.54) is 11.3 Å². The van der Waals surface area contributed by atoms with Gasteiger partial charge in [0.15, 0.2) is 5.96 Å². The van der Waals surface area contributed by atoms with Crippen molar-refractivity contribution in [1.29, 1.82) is 0 Å². The van der Waals surface area contributed by atoms with Crippen molar-refractivity contribution in [3.8, 4) is 0 Å². The zero-order valence-corrected chi connectivity index (χ0v) is 20.6. The highest BCUT2D eigenvalue weighted by atomic mass is 127. The number of rotatable bonds is 9. The second-order valence-corrected chi connectivity index (χ2v) is 8.20. The summed E-state index contributed by atoms with van der Waals surface area (Å²) in [5.41, 5.74) is 0. The summed E-state index contributed by atoms with van der Waals surface area (Å²) in [6, 6.07) is 4.73. The van der Waals surface area contributed by atoms with E-state index in [2.05, 4.69) is 42.9 Å². The normalized spacial score (nSPS) is 20.1. The Bertz CT molecular complexity index is 563. The Hall–Kier alpha value is -0.460. The molecule has 0 aromatic carbocycles. The molecule has 1 unspecified atom stereocenters.